The molecule has 270 valence electrons. The molecule has 0 saturated heterocycles. The van der Waals surface area contributed by atoms with Crippen LogP contribution in [-0.2, 0) is 0 Å². The Morgan fingerprint density at radius 1 is 0.293 bits per heavy atom. The molecule has 0 atom stereocenters. The summed E-state index contributed by atoms with van der Waals surface area (Å²) in [6, 6.07) is 69.7. The lowest BCUT2D eigenvalue weighted by atomic mass is 9.92. The second kappa shape index (κ2) is 11.8. The molecule has 0 fully saturated rings. The molecule has 4 nitrogen and oxygen atoms in total. The number of para-hydroxylation sites is 5. The number of furan rings is 2. The molecular formula is C54H32N2O2. The van der Waals surface area contributed by atoms with Gasteiger partial charge in [-0.2, -0.15) is 0 Å². The van der Waals surface area contributed by atoms with Gasteiger partial charge in [-0.3, -0.25) is 0 Å². The van der Waals surface area contributed by atoms with E-state index in [9.17, 15) is 0 Å². The van der Waals surface area contributed by atoms with E-state index >= 15 is 0 Å². The molecule has 0 amide bonds. The van der Waals surface area contributed by atoms with Gasteiger partial charge in [0, 0.05) is 48.8 Å². The number of hydrogen-bond acceptors (Lipinski definition) is 2. The third-order valence-corrected chi connectivity index (χ3v) is 12.1. The summed E-state index contributed by atoms with van der Waals surface area (Å²) in [4.78, 5) is 0. The Labute approximate surface area is 332 Å². The number of benzene rings is 9. The van der Waals surface area contributed by atoms with E-state index < -0.39 is 0 Å². The van der Waals surface area contributed by atoms with Crippen molar-refractivity contribution in [3.8, 4) is 33.6 Å². The molecule has 0 spiro atoms. The quantitative estimate of drug-likeness (QED) is 0.180. The SMILES string of the molecule is c1ccc(-c2cc3c4ccccc4n(-c4ccc5oc6ccccc6c5c4)c3cc2-c2ccc3c(c2)c2ccccc2n3-c2cccc3c2oc2ccccc23)cc1. The van der Waals surface area contributed by atoms with Crippen molar-refractivity contribution < 1.29 is 8.83 Å². The molecule has 13 rings (SSSR count). The molecule has 4 heteroatoms. The lowest BCUT2D eigenvalue weighted by Gasteiger charge is -2.14. The van der Waals surface area contributed by atoms with Crippen molar-refractivity contribution >= 4 is 87.5 Å². The Bertz CT molecular complexity index is 3800. The van der Waals surface area contributed by atoms with Gasteiger partial charge in [-0.15, -0.1) is 0 Å². The third kappa shape index (κ3) is 4.40. The van der Waals surface area contributed by atoms with E-state index in [1.807, 2.05) is 18.2 Å². The average Bonchev–Trinajstić information content (AvgIpc) is 4.03. The van der Waals surface area contributed by atoms with Crippen molar-refractivity contribution in [3.63, 3.8) is 0 Å². The summed E-state index contributed by atoms with van der Waals surface area (Å²) >= 11 is 0. The Balaban J connectivity index is 1.09. The van der Waals surface area contributed by atoms with E-state index in [2.05, 4.69) is 185 Å². The highest BCUT2D eigenvalue weighted by atomic mass is 16.3. The first-order valence-electron chi connectivity index (χ1n) is 19.8. The molecule has 0 unspecified atom stereocenters. The molecule has 13 aromatic rings. The summed E-state index contributed by atoms with van der Waals surface area (Å²) in [7, 11) is 0. The van der Waals surface area contributed by atoms with E-state index in [0.29, 0.717) is 0 Å². The van der Waals surface area contributed by atoms with Gasteiger partial charge in [0.15, 0.2) is 5.58 Å². The minimum Gasteiger partial charge on any atom is -0.456 e. The second-order valence-electron chi connectivity index (χ2n) is 15.2. The topological polar surface area (TPSA) is 36.1 Å². The fraction of sp³-hybridized carbons (Fsp3) is 0. The summed E-state index contributed by atoms with van der Waals surface area (Å²) in [5, 5.41) is 9.30. The van der Waals surface area contributed by atoms with Gasteiger partial charge in [0.1, 0.15) is 16.7 Å². The first-order chi connectivity index (χ1) is 28.8. The number of aromatic nitrogens is 2. The standard InChI is InChI=1S/C54H32N2O2/c1-2-13-33(14-3-1)41-31-44-37-16-4-8-20-46(37)55(35-26-28-53-45(30-35)39-18-7-10-23-51(39)57-53)50(44)32-42(41)34-25-27-48-43(29-34)36-15-5-9-21-47(36)56(48)49-22-12-19-40-38-17-6-11-24-52(38)58-54(40)49/h1-32H. The third-order valence-electron chi connectivity index (χ3n) is 12.1. The summed E-state index contributed by atoms with van der Waals surface area (Å²) in [5.74, 6) is 0. The van der Waals surface area contributed by atoms with Crippen LogP contribution in [0, 0.1) is 0 Å². The van der Waals surface area contributed by atoms with Crippen molar-refractivity contribution in [1.82, 2.24) is 9.13 Å². The van der Waals surface area contributed by atoms with Crippen molar-refractivity contribution in [2.24, 2.45) is 0 Å². The molecule has 0 bridgehead atoms. The maximum Gasteiger partial charge on any atom is 0.159 e. The summed E-state index contributed by atoms with van der Waals surface area (Å²) in [6.07, 6.45) is 0. The van der Waals surface area contributed by atoms with Gasteiger partial charge in [-0.05, 0) is 95.1 Å². The van der Waals surface area contributed by atoms with Crippen LogP contribution in [0.2, 0.25) is 0 Å². The molecule has 4 aromatic heterocycles. The Kier molecular flexibility index (Phi) is 6.41. The number of hydrogen-bond donors (Lipinski definition) is 0. The average molecular weight is 741 g/mol. The highest BCUT2D eigenvalue weighted by Gasteiger charge is 2.21. The van der Waals surface area contributed by atoms with E-state index in [0.717, 1.165) is 77.4 Å². The summed E-state index contributed by atoms with van der Waals surface area (Å²) in [6.45, 7) is 0. The van der Waals surface area contributed by atoms with Crippen LogP contribution < -0.4 is 0 Å². The van der Waals surface area contributed by atoms with Gasteiger partial charge >= 0.3 is 0 Å². The minimum absolute atomic E-state index is 0.890. The number of rotatable bonds is 4. The highest BCUT2D eigenvalue weighted by molar-refractivity contribution is 6.16. The molecule has 0 radical (unpaired) electrons. The van der Waals surface area contributed by atoms with Crippen molar-refractivity contribution in [2.45, 2.75) is 0 Å². The first-order valence-corrected chi connectivity index (χ1v) is 19.8. The molecule has 4 heterocycles. The van der Waals surface area contributed by atoms with E-state index in [1.165, 1.54) is 43.8 Å². The van der Waals surface area contributed by atoms with Crippen LogP contribution in [0.5, 0.6) is 0 Å². The molecule has 0 aliphatic rings. The normalized spacial score (nSPS) is 12.1. The maximum atomic E-state index is 6.59. The van der Waals surface area contributed by atoms with E-state index in [1.54, 1.807) is 0 Å². The van der Waals surface area contributed by atoms with Crippen molar-refractivity contribution in [2.75, 3.05) is 0 Å². The second-order valence-corrected chi connectivity index (χ2v) is 15.2. The molecular weight excluding hydrogens is 709 g/mol. The zero-order valence-corrected chi connectivity index (χ0v) is 31.2. The van der Waals surface area contributed by atoms with Gasteiger partial charge in [0.25, 0.3) is 0 Å². The molecule has 0 aliphatic carbocycles. The van der Waals surface area contributed by atoms with Crippen LogP contribution in [0.4, 0.5) is 0 Å². The zero-order chi connectivity index (χ0) is 37.9. The van der Waals surface area contributed by atoms with E-state index in [-0.39, 0.29) is 0 Å². The fourth-order valence-electron chi connectivity index (χ4n) is 9.55. The molecule has 0 saturated carbocycles. The molecule has 0 aliphatic heterocycles. The maximum absolute atomic E-state index is 6.59. The van der Waals surface area contributed by atoms with Gasteiger partial charge in [0.2, 0.25) is 0 Å². The summed E-state index contributed by atoms with van der Waals surface area (Å²) in [5.41, 5.74) is 15.0. The summed E-state index contributed by atoms with van der Waals surface area (Å²) < 4.78 is 17.6. The first kappa shape index (κ1) is 31.4. The fourth-order valence-corrected chi connectivity index (χ4v) is 9.55. The van der Waals surface area contributed by atoms with Crippen LogP contribution in [0.25, 0.3) is 121 Å². The Morgan fingerprint density at radius 3 is 1.67 bits per heavy atom. The van der Waals surface area contributed by atoms with E-state index in [4.69, 9.17) is 8.83 Å². The lowest BCUT2D eigenvalue weighted by Crippen LogP contribution is -1.95. The molecule has 9 aromatic carbocycles. The predicted octanol–water partition coefficient (Wildman–Crippen LogP) is 15.0. The van der Waals surface area contributed by atoms with Crippen LogP contribution in [0.15, 0.2) is 203 Å². The van der Waals surface area contributed by atoms with Gasteiger partial charge < -0.3 is 18.0 Å². The highest BCUT2D eigenvalue weighted by Crippen LogP contribution is 2.44. The van der Waals surface area contributed by atoms with Crippen LogP contribution >= 0.6 is 0 Å². The van der Waals surface area contributed by atoms with Crippen LogP contribution in [0.3, 0.4) is 0 Å². The largest absolute Gasteiger partial charge is 0.456 e. The van der Waals surface area contributed by atoms with Gasteiger partial charge in [-0.25, -0.2) is 0 Å². The number of nitrogens with zero attached hydrogens (tertiary/aromatic N) is 2. The minimum atomic E-state index is 0.890. The zero-order valence-electron chi connectivity index (χ0n) is 31.2. The lowest BCUT2D eigenvalue weighted by molar-refractivity contribution is 0.666. The number of fused-ring (bicyclic) bond motifs is 12. The monoisotopic (exact) mass is 740 g/mol. The Hall–Kier alpha value is -7.82. The Morgan fingerprint density at radius 2 is 0.879 bits per heavy atom. The van der Waals surface area contributed by atoms with Crippen molar-refractivity contribution in [1.29, 1.82) is 0 Å². The van der Waals surface area contributed by atoms with Crippen molar-refractivity contribution in [3.05, 3.63) is 194 Å². The van der Waals surface area contributed by atoms with Gasteiger partial charge in [0.05, 0.1) is 27.8 Å². The molecule has 58 heavy (non-hydrogen) atoms. The smallest absolute Gasteiger partial charge is 0.159 e. The van der Waals surface area contributed by atoms with Crippen LogP contribution in [-0.4, -0.2) is 9.13 Å². The predicted molar refractivity (Wildman–Crippen MR) is 241 cm³/mol. The van der Waals surface area contributed by atoms with Crippen LogP contribution in [0.1, 0.15) is 0 Å². The molecule has 0 N–H and O–H groups in total. The van der Waals surface area contributed by atoms with Gasteiger partial charge in [-0.1, -0.05) is 121 Å².